The first-order chi connectivity index (χ1) is 12.7. The van der Waals surface area contributed by atoms with Crippen molar-refractivity contribution in [2.45, 2.75) is 52.4 Å². The quantitative estimate of drug-likeness (QED) is 0.499. The Morgan fingerprint density at radius 1 is 1.04 bits per heavy atom. The van der Waals surface area contributed by atoms with Gasteiger partial charge in [-0.2, -0.15) is 0 Å². The number of aromatic hydroxyl groups is 1. The van der Waals surface area contributed by atoms with E-state index in [9.17, 15) is 20.0 Å². The van der Waals surface area contributed by atoms with Gasteiger partial charge in [-0.25, -0.2) is 0 Å². The van der Waals surface area contributed by atoms with Gasteiger partial charge in [0, 0.05) is 27.8 Å². The van der Waals surface area contributed by atoms with Crippen molar-refractivity contribution in [3.05, 3.63) is 62.2 Å². The molecule has 2 aromatic rings. The first-order valence-corrected chi connectivity index (χ1v) is 9.23. The first-order valence-electron chi connectivity index (χ1n) is 8.85. The summed E-state index contributed by atoms with van der Waals surface area (Å²) in [6.45, 7) is 11.7. The standard InChI is InChI=1S/C21H25ClN2O4/c1-20(2,3)14-9-12(10-15(18(14)25)21(4,5)6)19(26)23-16-8-7-13(22)11-17(16)24(27)28/h7-11,25H,1-6H3,(H,23,26). The topological polar surface area (TPSA) is 92.5 Å². The van der Waals surface area contributed by atoms with Crippen molar-refractivity contribution in [2.24, 2.45) is 0 Å². The number of benzene rings is 2. The van der Waals surface area contributed by atoms with E-state index in [1.807, 2.05) is 41.5 Å². The molecule has 2 N–H and O–H groups in total. The SMILES string of the molecule is CC(C)(C)c1cc(C(=O)Nc2ccc(Cl)cc2[N+](=O)[O-])cc(C(C)(C)C)c1O. The van der Waals surface area contributed by atoms with E-state index < -0.39 is 21.7 Å². The molecule has 0 aliphatic heterocycles. The highest BCUT2D eigenvalue weighted by molar-refractivity contribution is 6.31. The average Bonchev–Trinajstić information content (AvgIpc) is 2.54. The number of carbonyl (C=O) groups excluding carboxylic acids is 1. The molecule has 0 bridgehead atoms. The molecule has 7 heteroatoms. The lowest BCUT2D eigenvalue weighted by Gasteiger charge is -2.28. The van der Waals surface area contributed by atoms with Crippen molar-refractivity contribution >= 4 is 28.9 Å². The van der Waals surface area contributed by atoms with Gasteiger partial charge in [-0.3, -0.25) is 14.9 Å². The molecule has 150 valence electrons. The second kappa shape index (κ2) is 7.43. The summed E-state index contributed by atoms with van der Waals surface area (Å²) in [4.78, 5) is 23.6. The molecule has 0 aliphatic rings. The number of nitrogens with one attached hydrogen (secondary N) is 1. The maximum Gasteiger partial charge on any atom is 0.294 e. The molecular formula is C21H25ClN2O4. The van der Waals surface area contributed by atoms with Gasteiger partial charge in [0.2, 0.25) is 0 Å². The van der Waals surface area contributed by atoms with Crippen LogP contribution in [0.2, 0.25) is 5.02 Å². The van der Waals surface area contributed by atoms with Crippen molar-refractivity contribution in [3.8, 4) is 5.75 Å². The predicted molar refractivity (Wildman–Crippen MR) is 112 cm³/mol. The zero-order valence-electron chi connectivity index (χ0n) is 16.9. The van der Waals surface area contributed by atoms with Crippen LogP contribution < -0.4 is 5.32 Å². The van der Waals surface area contributed by atoms with Gasteiger partial charge < -0.3 is 10.4 Å². The second-order valence-electron chi connectivity index (χ2n) is 8.79. The highest BCUT2D eigenvalue weighted by Crippen LogP contribution is 2.40. The molecular weight excluding hydrogens is 380 g/mol. The number of carbonyl (C=O) groups is 1. The van der Waals surface area contributed by atoms with E-state index in [-0.39, 0.29) is 22.1 Å². The lowest BCUT2D eigenvalue weighted by Crippen LogP contribution is -2.21. The lowest BCUT2D eigenvalue weighted by atomic mass is 9.78. The van der Waals surface area contributed by atoms with Gasteiger partial charge in [-0.05, 0) is 35.1 Å². The van der Waals surface area contributed by atoms with Crippen LogP contribution in [-0.4, -0.2) is 15.9 Å². The number of nitro benzene ring substituents is 1. The maximum atomic E-state index is 12.9. The Labute approximate surface area is 169 Å². The molecule has 28 heavy (non-hydrogen) atoms. The molecule has 0 unspecified atom stereocenters. The summed E-state index contributed by atoms with van der Waals surface area (Å²) in [7, 11) is 0. The van der Waals surface area contributed by atoms with Gasteiger partial charge in [-0.1, -0.05) is 53.1 Å². The number of hydrogen-bond donors (Lipinski definition) is 2. The van der Waals surface area contributed by atoms with Gasteiger partial charge in [0.1, 0.15) is 11.4 Å². The highest BCUT2D eigenvalue weighted by Gasteiger charge is 2.28. The lowest BCUT2D eigenvalue weighted by molar-refractivity contribution is -0.383. The molecule has 1 amide bonds. The molecule has 6 nitrogen and oxygen atoms in total. The number of nitro groups is 1. The normalized spacial score (nSPS) is 12.0. The van der Waals surface area contributed by atoms with Crippen molar-refractivity contribution in [3.63, 3.8) is 0 Å². The van der Waals surface area contributed by atoms with Crippen molar-refractivity contribution in [1.29, 1.82) is 0 Å². The fraction of sp³-hybridized carbons (Fsp3) is 0.381. The molecule has 0 fully saturated rings. The maximum absolute atomic E-state index is 12.9. The average molecular weight is 405 g/mol. The van der Waals surface area contributed by atoms with E-state index in [1.54, 1.807) is 12.1 Å². The van der Waals surface area contributed by atoms with Crippen LogP contribution in [0.25, 0.3) is 0 Å². The smallest absolute Gasteiger partial charge is 0.294 e. The van der Waals surface area contributed by atoms with Gasteiger partial charge in [0.05, 0.1) is 4.92 Å². The summed E-state index contributed by atoms with van der Waals surface area (Å²) in [6, 6.07) is 7.31. The zero-order chi connectivity index (χ0) is 21.4. The minimum atomic E-state index is -0.598. The number of phenols is 1. The van der Waals surface area contributed by atoms with E-state index >= 15 is 0 Å². The monoisotopic (exact) mass is 404 g/mol. The molecule has 0 saturated heterocycles. The van der Waals surface area contributed by atoms with E-state index in [0.29, 0.717) is 16.7 Å². The summed E-state index contributed by atoms with van der Waals surface area (Å²) in [6.07, 6.45) is 0. The Bertz CT molecular complexity index is 905. The second-order valence-corrected chi connectivity index (χ2v) is 9.23. The molecule has 2 aromatic carbocycles. The van der Waals surface area contributed by atoms with Gasteiger partial charge in [0.15, 0.2) is 0 Å². The van der Waals surface area contributed by atoms with E-state index in [1.165, 1.54) is 18.2 Å². The van der Waals surface area contributed by atoms with Crippen molar-refractivity contribution in [2.75, 3.05) is 5.32 Å². The van der Waals surface area contributed by atoms with Crippen LogP contribution in [0.4, 0.5) is 11.4 Å². The zero-order valence-corrected chi connectivity index (χ0v) is 17.6. The number of anilines is 1. The third-order valence-electron chi connectivity index (χ3n) is 4.39. The van der Waals surface area contributed by atoms with Gasteiger partial charge >= 0.3 is 0 Å². The Morgan fingerprint density at radius 2 is 1.54 bits per heavy atom. The number of rotatable bonds is 3. The minimum Gasteiger partial charge on any atom is -0.507 e. The van der Waals surface area contributed by atoms with E-state index in [4.69, 9.17) is 11.6 Å². The summed E-state index contributed by atoms with van der Waals surface area (Å²) < 4.78 is 0. The fourth-order valence-corrected chi connectivity index (χ4v) is 3.03. The molecule has 0 aromatic heterocycles. The van der Waals surface area contributed by atoms with Gasteiger partial charge in [0.25, 0.3) is 11.6 Å². The molecule has 0 spiro atoms. The summed E-state index contributed by atoms with van der Waals surface area (Å²) in [5, 5.41) is 24.8. The number of amides is 1. The molecule has 0 atom stereocenters. The van der Waals surface area contributed by atoms with Crippen LogP contribution in [0, 0.1) is 10.1 Å². The van der Waals surface area contributed by atoms with Crippen LogP contribution in [-0.2, 0) is 10.8 Å². The van der Waals surface area contributed by atoms with Crippen LogP contribution >= 0.6 is 11.6 Å². The Hall–Kier alpha value is -2.60. The molecule has 0 saturated carbocycles. The summed E-state index contributed by atoms with van der Waals surface area (Å²) in [5.41, 5.74) is 0.566. The summed E-state index contributed by atoms with van der Waals surface area (Å²) in [5.74, 6) is -0.338. The number of phenolic OH excluding ortho intramolecular Hbond substituents is 1. The third-order valence-corrected chi connectivity index (χ3v) is 4.63. The largest absolute Gasteiger partial charge is 0.507 e. The Kier molecular flexibility index (Phi) is 5.76. The third kappa shape index (κ3) is 4.62. The van der Waals surface area contributed by atoms with Crippen molar-refractivity contribution in [1.82, 2.24) is 0 Å². The molecule has 2 rings (SSSR count). The van der Waals surface area contributed by atoms with Crippen LogP contribution in [0.15, 0.2) is 30.3 Å². The van der Waals surface area contributed by atoms with Crippen LogP contribution in [0.1, 0.15) is 63.0 Å². The first kappa shape index (κ1) is 21.7. The molecule has 0 radical (unpaired) electrons. The fourth-order valence-electron chi connectivity index (χ4n) is 2.87. The molecule has 0 aliphatic carbocycles. The highest BCUT2D eigenvalue weighted by atomic mass is 35.5. The van der Waals surface area contributed by atoms with Crippen molar-refractivity contribution < 1.29 is 14.8 Å². The van der Waals surface area contributed by atoms with Crippen LogP contribution in [0.3, 0.4) is 0 Å². The minimum absolute atomic E-state index is 0.0575. The Balaban J connectivity index is 2.56. The van der Waals surface area contributed by atoms with Crippen LogP contribution in [0.5, 0.6) is 5.75 Å². The number of nitrogens with zero attached hydrogens (tertiary/aromatic N) is 1. The predicted octanol–water partition coefficient (Wildman–Crippen LogP) is 5.80. The Morgan fingerprint density at radius 3 is 1.96 bits per heavy atom. The number of hydrogen-bond acceptors (Lipinski definition) is 4. The van der Waals surface area contributed by atoms with E-state index in [0.717, 1.165) is 0 Å². The van der Waals surface area contributed by atoms with E-state index in [2.05, 4.69) is 5.32 Å². The number of halogens is 1. The molecule has 0 heterocycles. The van der Waals surface area contributed by atoms with Gasteiger partial charge in [-0.15, -0.1) is 0 Å². The summed E-state index contributed by atoms with van der Waals surface area (Å²) >= 11 is 5.83.